The Bertz CT molecular complexity index is 1150. The molecule has 1 aliphatic rings. The maximum absolute atomic E-state index is 13.2. The number of nitrogens with one attached hydrogen (secondary N) is 1. The molecule has 0 radical (unpaired) electrons. The van der Waals surface area contributed by atoms with Gasteiger partial charge in [-0.2, -0.15) is 13.2 Å². The highest BCUT2D eigenvalue weighted by molar-refractivity contribution is 6.02. The molecule has 1 fully saturated rings. The second kappa shape index (κ2) is 9.08. The lowest BCUT2D eigenvalue weighted by molar-refractivity contribution is -0.141. The molecule has 0 saturated heterocycles. The first-order valence-corrected chi connectivity index (χ1v) is 10.4. The number of fused-ring (bicyclic) bond motifs is 1. The first kappa shape index (κ1) is 22.0. The lowest BCUT2D eigenvalue weighted by Crippen LogP contribution is -2.20. The average Bonchev–Trinajstić information content (AvgIpc) is 2.77. The summed E-state index contributed by atoms with van der Waals surface area (Å²) in [6.45, 7) is 0. The number of rotatable bonds is 4. The molecule has 2 N–H and O–H groups in total. The molecule has 166 valence electrons. The second-order valence-electron chi connectivity index (χ2n) is 7.91. The average molecular weight is 441 g/mol. The molecular formula is C24H22F3N3O2. The summed E-state index contributed by atoms with van der Waals surface area (Å²) >= 11 is 0. The van der Waals surface area contributed by atoms with Crippen molar-refractivity contribution in [2.45, 2.75) is 43.9 Å². The maximum Gasteiger partial charge on any atom is 0.433 e. The van der Waals surface area contributed by atoms with Crippen LogP contribution in [0.2, 0.25) is 0 Å². The summed E-state index contributed by atoms with van der Waals surface area (Å²) in [5.41, 5.74) is 1.14. The first-order chi connectivity index (χ1) is 15.3. The van der Waals surface area contributed by atoms with Crippen LogP contribution in [-0.2, 0) is 11.0 Å². The number of aromatic nitrogens is 2. The summed E-state index contributed by atoms with van der Waals surface area (Å²) in [7, 11) is 0. The van der Waals surface area contributed by atoms with Crippen molar-refractivity contribution in [3.63, 3.8) is 0 Å². The zero-order chi connectivity index (χ0) is 22.7. The number of alkyl halides is 3. The number of nitrogens with zero attached hydrogens (tertiary/aromatic N) is 2. The number of carbonyl (C=O) groups excluding carboxylic acids is 1. The molecule has 2 heterocycles. The highest BCUT2D eigenvalue weighted by Gasteiger charge is 2.34. The topological polar surface area (TPSA) is 75.1 Å². The van der Waals surface area contributed by atoms with E-state index in [1.54, 1.807) is 12.3 Å². The third-order valence-electron chi connectivity index (χ3n) is 5.60. The van der Waals surface area contributed by atoms with Crippen molar-refractivity contribution in [1.29, 1.82) is 0 Å². The molecule has 1 saturated carbocycles. The van der Waals surface area contributed by atoms with Crippen molar-refractivity contribution in [3.8, 4) is 0 Å². The van der Waals surface area contributed by atoms with Crippen molar-refractivity contribution in [3.05, 3.63) is 71.7 Å². The van der Waals surface area contributed by atoms with Gasteiger partial charge in [0.25, 0.3) is 0 Å². The minimum atomic E-state index is -4.55. The van der Waals surface area contributed by atoms with Crippen LogP contribution < -0.4 is 5.32 Å². The molecule has 4 rings (SSSR count). The summed E-state index contributed by atoms with van der Waals surface area (Å²) in [4.78, 5) is 20.6. The van der Waals surface area contributed by atoms with Crippen molar-refractivity contribution >= 4 is 28.6 Å². The van der Waals surface area contributed by atoms with Gasteiger partial charge in [-0.05, 0) is 55.5 Å². The molecule has 8 heteroatoms. The normalized spacial score (nSPS) is 19.4. The molecule has 1 aromatic carbocycles. The van der Waals surface area contributed by atoms with Crippen LogP contribution in [0.3, 0.4) is 0 Å². The van der Waals surface area contributed by atoms with E-state index in [1.165, 1.54) is 18.2 Å². The van der Waals surface area contributed by atoms with Crippen LogP contribution >= 0.6 is 0 Å². The molecule has 0 atom stereocenters. The van der Waals surface area contributed by atoms with Crippen molar-refractivity contribution in [1.82, 2.24) is 9.97 Å². The van der Waals surface area contributed by atoms with Gasteiger partial charge in [0.2, 0.25) is 5.91 Å². The van der Waals surface area contributed by atoms with Crippen molar-refractivity contribution in [2.24, 2.45) is 0 Å². The maximum atomic E-state index is 13.2. The van der Waals surface area contributed by atoms with Gasteiger partial charge < -0.3 is 10.4 Å². The Labute approximate surface area is 183 Å². The highest BCUT2D eigenvalue weighted by Crippen LogP contribution is 2.36. The van der Waals surface area contributed by atoms with Crippen LogP contribution in [0.15, 0.2) is 54.7 Å². The van der Waals surface area contributed by atoms with Gasteiger partial charge in [0.1, 0.15) is 5.69 Å². The number of anilines is 1. The van der Waals surface area contributed by atoms with Gasteiger partial charge in [0, 0.05) is 17.4 Å². The Morgan fingerprint density at radius 3 is 2.59 bits per heavy atom. The van der Waals surface area contributed by atoms with E-state index in [0.717, 1.165) is 17.0 Å². The first-order valence-electron chi connectivity index (χ1n) is 10.4. The number of pyridine rings is 2. The van der Waals surface area contributed by atoms with Crippen LogP contribution in [-0.4, -0.2) is 27.1 Å². The third-order valence-corrected chi connectivity index (χ3v) is 5.60. The fraction of sp³-hybridized carbons (Fsp3) is 0.292. The summed E-state index contributed by atoms with van der Waals surface area (Å²) in [6.07, 6.45) is 1.45. The number of amides is 1. The number of hydrogen-bond acceptors (Lipinski definition) is 4. The Morgan fingerprint density at radius 2 is 1.84 bits per heavy atom. The molecule has 0 unspecified atom stereocenters. The van der Waals surface area contributed by atoms with Gasteiger partial charge in [0.05, 0.1) is 29.2 Å². The number of benzene rings is 1. The smallest absolute Gasteiger partial charge is 0.393 e. The quantitative estimate of drug-likeness (QED) is 0.538. The van der Waals surface area contributed by atoms with Gasteiger partial charge in [-0.25, -0.2) is 4.98 Å². The van der Waals surface area contributed by atoms with Gasteiger partial charge in [0.15, 0.2) is 0 Å². The van der Waals surface area contributed by atoms with E-state index >= 15 is 0 Å². The molecule has 1 amide bonds. The number of hydrogen-bond donors (Lipinski definition) is 2. The van der Waals surface area contributed by atoms with Gasteiger partial charge >= 0.3 is 6.18 Å². The largest absolute Gasteiger partial charge is 0.433 e. The van der Waals surface area contributed by atoms with E-state index < -0.39 is 23.9 Å². The van der Waals surface area contributed by atoms with E-state index in [0.29, 0.717) is 42.6 Å². The van der Waals surface area contributed by atoms with Gasteiger partial charge in [-0.15, -0.1) is 0 Å². The number of para-hydroxylation sites is 1. The van der Waals surface area contributed by atoms with E-state index in [4.69, 9.17) is 0 Å². The Morgan fingerprint density at radius 1 is 1.09 bits per heavy atom. The molecular weight excluding hydrogens is 419 g/mol. The molecule has 2 aromatic heterocycles. The van der Waals surface area contributed by atoms with Gasteiger partial charge in [-0.3, -0.25) is 9.78 Å². The third kappa shape index (κ3) is 5.13. The van der Waals surface area contributed by atoms with E-state index in [-0.39, 0.29) is 5.92 Å². The fourth-order valence-electron chi connectivity index (χ4n) is 3.95. The van der Waals surface area contributed by atoms with E-state index in [9.17, 15) is 23.1 Å². The lowest BCUT2D eigenvalue weighted by atomic mass is 9.83. The number of carbonyl (C=O) groups is 1. The number of halogens is 3. The van der Waals surface area contributed by atoms with Crippen molar-refractivity contribution in [2.75, 3.05) is 5.32 Å². The monoisotopic (exact) mass is 441 g/mol. The Kier molecular flexibility index (Phi) is 6.23. The van der Waals surface area contributed by atoms with Crippen LogP contribution in [0.4, 0.5) is 18.9 Å². The number of aliphatic hydroxyl groups excluding tert-OH is 1. The Hall–Kier alpha value is -3.26. The fourth-order valence-corrected chi connectivity index (χ4v) is 3.95. The van der Waals surface area contributed by atoms with Crippen LogP contribution in [0, 0.1) is 0 Å². The highest BCUT2D eigenvalue weighted by atomic mass is 19.4. The van der Waals surface area contributed by atoms with Crippen LogP contribution in [0.5, 0.6) is 0 Å². The molecule has 1 aliphatic carbocycles. The Balaban J connectivity index is 1.55. The SMILES string of the molecule is O=C(/C=C/c1ccc(C(F)(F)F)nc1C1CCC(O)CC1)Nc1cnc2ccccc2c1. The minimum absolute atomic E-state index is 0.201. The predicted octanol–water partition coefficient (Wildman–Crippen LogP) is 5.32. The van der Waals surface area contributed by atoms with Gasteiger partial charge in [-0.1, -0.05) is 24.3 Å². The van der Waals surface area contributed by atoms with E-state index in [2.05, 4.69) is 15.3 Å². The summed E-state index contributed by atoms with van der Waals surface area (Å²) in [6, 6.07) is 11.6. The molecule has 3 aromatic rings. The van der Waals surface area contributed by atoms with Crippen LogP contribution in [0.1, 0.15) is 48.6 Å². The standard InChI is InChI=1S/C24H22F3N3O2/c25-24(26,27)21-11-7-16(23(30-21)15-5-9-19(31)10-6-15)8-12-22(32)29-18-13-17-3-1-2-4-20(17)28-14-18/h1-4,7-8,11-15,19,31H,5-6,9-10H2,(H,29,32)/b12-8+. The summed E-state index contributed by atoms with van der Waals surface area (Å²) < 4.78 is 39.6. The van der Waals surface area contributed by atoms with E-state index in [1.807, 2.05) is 24.3 Å². The lowest BCUT2D eigenvalue weighted by Gasteiger charge is -2.26. The molecule has 0 spiro atoms. The molecule has 0 bridgehead atoms. The van der Waals surface area contributed by atoms with Crippen LogP contribution in [0.25, 0.3) is 17.0 Å². The molecule has 0 aliphatic heterocycles. The number of aliphatic hydroxyl groups is 1. The predicted molar refractivity (Wildman–Crippen MR) is 116 cm³/mol. The molecule has 5 nitrogen and oxygen atoms in total. The minimum Gasteiger partial charge on any atom is -0.393 e. The molecule has 32 heavy (non-hydrogen) atoms. The second-order valence-corrected chi connectivity index (χ2v) is 7.91. The zero-order valence-corrected chi connectivity index (χ0v) is 17.1. The zero-order valence-electron chi connectivity index (χ0n) is 17.1. The van der Waals surface area contributed by atoms with Crippen molar-refractivity contribution < 1.29 is 23.1 Å². The summed E-state index contributed by atoms with van der Waals surface area (Å²) in [5, 5.41) is 13.3. The summed E-state index contributed by atoms with van der Waals surface area (Å²) in [5.74, 6) is -0.625.